The topological polar surface area (TPSA) is 58.1 Å². The number of pyridine rings is 1. The average molecular weight is 387 g/mol. The molecular formula is C21H30N4OS. The van der Waals surface area contributed by atoms with E-state index in [2.05, 4.69) is 46.2 Å². The van der Waals surface area contributed by atoms with Gasteiger partial charge in [-0.2, -0.15) is 0 Å². The van der Waals surface area contributed by atoms with Crippen LogP contribution < -0.4 is 10.2 Å². The van der Waals surface area contributed by atoms with E-state index in [9.17, 15) is 4.79 Å². The van der Waals surface area contributed by atoms with Gasteiger partial charge in [0.15, 0.2) is 0 Å². The fraction of sp³-hybridized carbons (Fsp3) is 0.571. The Labute approximate surface area is 166 Å². The lowest BCUT2D eigenvalue weighted by atomic mass is 10.1. The second-order valence-electron chi connectivity index (χ2n) is 7.73. The van der Waals surface area contributed by atoms with Crippen molar-refractivity contribution < 1.29 is 4.79 Å². The van der Waals surface area contributed by atoms with E-state index < -0.39 is 0 Å². The molecule has 146 valence electrons. The van der Waals surface area contributed by atoms with E-state index in [0.29, 0.717) is 12.5 Å². The minimum absolute atomic E-state index is 0.0448. The van der Waals surface area contributed by atoms with Crippen LogP contribution in [0.3, 0.4) is 0 Å². The van der Waals surface area contributed by atoms with Gasteiger partial charge < -0.3 is 10.2 Å². The van der Waals surface area contributed by atoms with E-state index in [1.54, 1.807) is 0 Å². The first-order valence-electron chi connectivity index (χ1n) is 9.97. The first-order chi connectivity index (χ1) is 13.0. The lowest BCUT2D eigenvalue weighted by Crippen LogP contribution is -2.25. The molecular weight excluding hydrogens is 356 g/mol. The molecule has 3 heterocycles. The van der Waals surface area contributed by atoms with Crippen LogP contribution in [0.25, 0.3) is 0 Å². The molecule has 2 aromatic rings. The number of amides is 1. The summed E-state index contributed by atoms with van der Waals surface area (Å²) in [6, 6.07) is 4.14. The second kappa shape index (κ2) is 9.31. The average Bonchev–Trinajstić information content (AvgIpc) is 2.85. The highest BCUT2D eigenvalue weighted by molar-refractivity contribution is 7.13. The number of nitrogens with one attached hydrogen (secondary N) is 1. The number of aromatic nitrogens is 2. The number of carbonyl (C=O) groups is 1. The normalized spacial score (nSPS) is 15.0. The number of thiazole rings is 1. The lowest BCUT2D eigenvalue weighted by Gasteiger charge is -2.21. The maximum Gasteiger partial charge on any atom is 0.263 e. The zero-order chi connectivity index (χ0) is 19.2. The first kappa shape index (κ1) is 19.8. The van der Waals surface area contributed by atoms with Gasteiger partial charge in [0.2, 0.25) is 0 Å². The molecule has 0 radical (unpaired) electrons. The molecule has 0 aromatic carbocycles. The van der Waals surface area contributed by atoms with Crippen LogP contribution >= 0.6 is 11.3 Å². The highest BCUT2D eigenvalue weighted by Crippen LogP contribution is 2.21. The number of hydrogen-bond acceptors (Lipinski definition) is 5. The molecule has 1 aliphatic rings. The molecule has 5 nitrogen and oxygen atoms in total. The molecule has 0 aliphatic carbocycles. The van der Waals surface area contributed by atoms with Crippen molar-refractivity contribution in [2.75, 3.05) is 18.0 Å². The molecule has 0 spiro atoms. The summed E-state index contributed by atoms with van der Waals surface area (Å²) >= 11 is 1.51. The molecule has 6 heteroatoms. The molecule has 0 bridgehead atoms. The molecule has 0 unspecified atom stereocenters. The van der Waals surface area contributed by atoms with Gasteiger partial charge in [-0.1, -0.05) is 32.8 Å². The Morgan fingerprint density at radius 3 is 2.59 bits per heavy atom. The predicted molar refractivity (Wildman–Crippen MR) is 111 cm³/mol. The number of anilines is 1. The van der Waals surface area contributed by atoms with Gasteiger partial charge in [0.1, 0.15) is 10.7 Å². The molecule has 1 aliphatic heterocycles. The van der Waals surface area contributed by atoms with Gasteiger partial charge in [0.05, 0.1) is 10.7 Å². The van der Waals surface area contributed by atoms with Crippen LogP contribution in [0.5, 0.6) is 0 Å². The third-order valence-corrected chi connectivity index (χ3v) is 6.00. The van der Waals surface area contributed by atoms with E-state index in [0.717, 1.165) is 46.5 Å². The SMILES string of the molecule is Cc1nc(CC(C)C)sc1C(=O)NCc1ccc(N2CCCCCC2)nc1. The third-order valence-electron chi connectivity index (χ3n) is 4.82. The maximum absolute atomic E-state index is 12.5. The van der Waals surface area contributed by atoms with Gasteiger partial charge in [0, 0.05) is 32.3 Å². The Morgan fingerprint density at radius 1 is 1.22 bits per heavy atom. The summed E-state index contributed by atoms with van der Waals surface area (Å²) in [7, 11) is 0. The predicted octanol–water partition coefficient (Wildman–Crippen LogP) is 4.36. The molecule has 2 aromatic heterocycles. The quantitative estimate of drug-likeness (QED) is 0.801. The Bertz CT molecular complexity index is 746. The number of nitrogens with zero attached hydrogens (tertiary/aromatic N) is 3. The van der Waals surface area contributed by atoms with Crippen LogP contribution in [0, 0.1) is 12.8 Å². The summed E-state index contributed by atoms with van der Waals surface area (Å²) in [5, 5.41) is 4.05. The Morgan fingerprint density at radius 2 is 1.96 bits per heavy atom. The highest BCUT2D eigenvalue weighted by Gasteiger charge is 2.16. The van der Waals surface area contributed by atoms with Crippen molar-refractivity contribution in [3.63, 3.8) is 0 Å². The van der Waals surface area contributed by atoms with E-state index >= 15 is 0 Å². The number of aryl methyl sites for hydroxylation is 1. The molecule has 0 saturated carbocycles. The van der Waals surface area contributed by atoms with Crippen molar-refractivity contribution in [1.82, 2.24) is 15.3 Å². The Balaban J connectivity index is 1.56. The van der Waals surface area contributed by atoms with E-state index in [4.69, 9.17) is 0 Å². The summed E-state index contributed by atoms with van der Waals surface area (Å²) in [6.07, 6.45) is 7.91. The molecule has 1 fully saturated rings. The monoisotopic (exact) mass is 386 g/mol. The van der Waals surface area contributed by atoms with E-state index in [1.165, 1.54) is 37.0 Å². The van der Waals surface area contributed by atoms with Crippen LogP contribution in [0.1, 0.15) is 65.5 Å². The maximum atomic E-state index is 12.5. The number of rotatable bonds is 6. The Hall–Kier alpha value is -1.95. The molecule has 1 amide bonds. The first-order valence-corrected chi connectivity index (χ1v) is 10.8. The number of carbonyl (C=O) groups excluding carboxylic acids is 1. The van der Waals surface area contributed by atoms with Crippen molar-refractivity contribution in [3.8, 4) is 0 Å². The van der Waals surface area contributed by atoms with Gasteiger partial charge in [-0.3, -0.25) is 4.79 Å². The van der Waals surface area contributed by atoms with Crippen LogP contribution in [0.4, 0.5) is 5.82 Å². The van der Waals surface area contributed by atoms with E-state index in [-0.39, 0.29) is 5.91 Å². The van der Waals surface area contributed by atoms with Crippen LogP contribution in [0.15, 0.2) is 18.3 Å². The van der Waals surface area contributed by atoms with Crippen LogP contribution in [-0.2, 0) is 13.0 Å². The third kappa shape index (κ3) is 5.51. The fourth-order valence-electron chi connectivity index (χ4n) is 3.37. The zero-order valence-electron chi connectivity index (χ0n) is 16.6. The van der Waals surface area contributed by atoms with E-state index in [1.807, 2.05) is 13.1 Å². The standard InChI is InChI=1S/C21H30N4OS/c1-15(2)12-19-24-16(3)20(27-19)21(26)23-14-17-8-9-18(22-13-17)25-10-6-4-5-7-11-25/h8-9,13,15H,4-7,10-12,14H2,1-3H3,(H,23,26). The zero-order valence-corrected chi connectivity index (χ0v) is 17.4. The molecule has 27 heavy (non-hydrogen) atoms. The van der Waals surface area contributed by atoms with Gasteiger partial charge in [-0.25, -0.2) is 9.97 Å². The summed E-state index contributed by atoms with van der Waals surface area (Å²) in [6.45, 7) is 8.91. The Kier molecular flexibility index (Phi) is 6.83. The van der Waals surface area contributed by atoms with Crippen molar-refractivity contribution in [3.05, 3.63) is 39.5 Å². The van der Waals surface area contributed by atoms with Gasteiger partial charge in [0.25, 0.3) is 5.91 Å². The van der Waals surface area contributed by atoms with Crippen molar-refractivity contribution in [1.29, 1.82) is 0 Å². The smallest absolute Gasteiger partial charge is 0.263 e. The fourth-order valence-corrected chi connectivity index (χ4v) is 4.56. The summed E-state index contributed by atoms with van der Waals surface area (Å²) in [5.74, 6) is 1.54. The lowest BCUT2D eigenvalue weighted by molar-refractivity contribution is 0.0954. The molecule has 3 rings (SSSR count). The summed E-state index contributed by atoms with van der Waals surface area (Å²) < 4.78 is 0. The van der Waals surface area contributed by atoms with Gasteiger partial charge >= 0.3 is 0 Å². The number of hydrogen-bond donors (Lipinski definition) is 1. The van der Waals surface area contributed by atoms with Crippen LogP contribution in [0.2, 0.25) is 0 Å². The molecule has 0 atom stereocenters. The second-order valence-corrected chi connectivity index (χ2v) is 8.81. The van der Waals surface area contributed by atoms with Crippen molar-refractivity contribution in [2.45, 2.75) is 59.4 Å². The minimum Gasteiger partial charge on any atom is -0.357 e. The summed E-state index contributed by atoms with van der Waals surface area (Å²) in [5.41, 5.74) is 1.84. The van der Waals surface area contributed by atoms with Crippen molar-refractivity contribution in [2.24, 2.45) is 5.92 Å². The van der Waals surface area contributed by atoms with Crippen molar-refractivity contribution >= 4 is 23.1 Å². The minimum atomic E-state index is -0.0448. The molecule has 1 saturated heterocycles. The van der Waals surface area contributed by atoms with Gasteiger partial charge in [-0.05, 0) is 37.3 Å². The molecule has 1 N–H and O–H groups in total. The summed E-state index contributed by atoms with van der Waals surface area (Å²) in [4.78, 5) is 24.8. The van der Waals surface area contributed by atoms with Gasteiger partial charge in [-0.15, -0.1) is 11.3 Å². The van der Waals surface area contributed by atoms with Crippen LogP contribution in [-0.4, -0.2) is 29.0 Å². The largest absolute Gasteiger partial charge is 0.357 e. The highest BCUT2D eigenvalue weighted by atomic mass is 32.1.